The number of amidine groups is 2. The topological polar surface area (TPSA) is 258 Å². The van der Waals surface area contributed by atoms with Crippen molar-refractivity contribution in [3.05, 3.63) is 35.7 Å². The Bertz CT molecular complexity index is 1290. The highest BCUT2D eigenvalue weighted by molar-refractivity contribution is 7.86. The SMILES string of the molecule is Cl.N=NC(=NN)c1c(S(=O)(=O)O)c(-c2ncn[nH]2)nc2c(C(N=N)=NN)cccc12. The third kappa shape index (κ3) is 3.69. The van der Waals surface area contributed by atoms with Crippen LogP contribution in [0.1, 0.15) is 11.1 Å². The summed E-state index contributed by atoms with van der Waals surface area (Å²) < 4.78 is 34.4. The first-order chi connectivity index (χ1) is 13.9. The lowest BCUT2D eigenvalue weighted by Crippen LogP contribution is -2.15. The first kappa shape index (κ1) is 22.4. The van der Waals surface area contributed by atoms with Gasteiger partial charge in [0.25, 0.3) is 10.1 Å². The second-order valence-electron chi connectivity index (χ2n) is 5.30. The molecule has 30 heavy (non-hydrogen) atoms. The van der Waals surface area contributed by atoms with Gasteiger partial charge >= 0.3 is 0 Å². The summed E-state index contributed by atoms with van der Waals surface area (Å²) in [6, 6.07) is 4.38. The third-order valence-corrected chi connectivity index (χ3v) is 4.70. The molecule has 15 nitrogen and oxygen atoms in total. The van der Waals surface area contributed by atoms with Gasteiger partial charge in [0.2, 0.25) is 11.7 Å². The Kier molecular flexibility index (Phi) is 6.45. The zero-order valence-electron chi connectivity index (χ0n) is 14.7. The summed E-state index contributed by atoms with van der Waals surface area (Å²) in [6.07, 6.45) is 1.10. The normalized spacial score (nSPS) is 12.4. The van der Waals surface area contributed by atoms with Crippen molar-refractivity contribution >= 4 is 45.1 Å². The van der Waals surface area contributed by atoms with Crippen LogP contribution >= 0.6 is 12.4 Å². The van der Waals surface area contributed by atoms with E-state index in [-0.39, 0.29) is 51.8 Å². The molecule has 0 amide bonds. The van der Waals surface area contributed by atoms with Crippen LogP contribution in [0.5, 0.6) is 0 Å². The molecule has 3 rings (SSSR count). The van der Waals surface area contributed by atoms with Gasteiger partial charge in [-0.25, -0.2) is 21.0 Å². The van der Waals surface area contributed by atoms with Crippen LogP contribution < -0.4 is 11.7 Å². The fourth-order valence-electron chi connectivity index (χ4n) is 2.71. The maximum Gasteiger partial charge on any atom is 0.297 e. The van der Waals surface area contributed by atoms with Crippen LogP contribution in [0.4, 0.5) is 0 Å². The van der Waals surface area contributed by atoms with E-state index in [4.69, 9.17) is 22.7 Å². The number of hydrogen-bond donors (Lipinski definition) is 6. The monoisotopic (exact) mass is 452 g/mol. The predicted molar refractivity (Wildman–Crippen MR) is 106 cm³/mol. The van der Waals surface area contributed by atoms with Gasteiger partial charge in [-0.2, -0.15) is 23.7 Å². The number of aromatic amines is 1. The lowest BCUT2D eigenvalue weighted by Gasteiger charge is -2.14. The van der Waals surface area contributed by atoms with Gasteiger partial charge in [-0.1, -0.05) is 12.1 Å². The van der Waals surface area contributed by atoms with Crippen LogP contribution in [0.3, 0.4) is 0 Å². The molecule has 8 N–H and O–H groups in total. The average Bonchev–Trinajstić information content (AvgIpc) is 3.23. The van der Waals surface area contributed by atoms with Crippen LogP contribution in [-0.4, -0.2) is 44.8 Å². The number of rotatable bonds is 4. The molecule has 0 unspecified atom stereocenters. The standard InChI is InChI=1S/C13H12N12O3S.ClH/c14-21-11(22-15)6-3-1-2-5-7(12(23-16)24-17)10(29(26,27)28)9(20-8(5)6)13-18-4-19-25-13;/h1-4,14,16H,15,17H2,(H,18,19,25)(H,26,27,28);1H. The summed E-state index contributed by atoms with van der Waals surface area (Å²) in [6.45, 7) is 0. The van der Waals surface area contributed by atoms with E-state index in [1.807, 2.05) is 0 Å². The number of benzene rings is 1. The highest BCUT2D eigenvalue weighted by Gasteiger charge is 2.31. The Hall–Kier alpha value is -3.89. The Morgan fingerprint density at radius 1 is 1.13 bits per heavy atom. The summed E-state index contributed by atoms with van der Waals surface area (Å²) in [5.74, 6) is 9.71. The highest BCUT2D eigenvalue weighted by Crippen LogP contribution is 2.34. The van der Waals surface area contributed by atoms with Gasteiger partial charge in [-0.05, 0) is 6.07 Å². The zero-order chi connectivity index (χ0) is 21.2. The van der Waals surface area contributed by atoms with Crippen LogP contribution in [0.25, 0.3) is 22.4 Å². The summed E-state index contributed by atoms with van der Waals surface area (Å²) in [4.78, 5) is 7.38. The molecule has 0 saturated heterocycles. The molecule has 0 fully saturated rings. The Morgan fingerprint density at radius 3 is 2.30 bits per heavy atom. The van der Waals surface area contributed by atoms with Gasteiger partial charge in [0.15, 0.2) is 5.82 Å². The Morgan fingerprint density at radius 2 is 1.80 bits per heavy atom. The van der Waals surface area contributed by atoms with Crippen molar-refractivity contribution < 1.29 is 13.0 Å². The number of nitrogens with one attached hydrogen (secondary N) is 3. The molecule has 156 valence electrons. The molecule has 0 aliphatic heterocycles. The van der Waals surface area contributed by atoms with Crippen LogP contribution in [-0.2, 0) is 10.1 Å². The Balaban J connectivity index is 0.00000320. The van der Waals surface area contributed by atoms with E-state index < -0.39 is 20.8 Å². The van der Waals surface area contributed by atoms with Crippen molar-refractivity contribution in [2.24, 2.45) is 32.1 Å². The molecule has 0 saturated carbocycles. The molecule has 0 bridgehead atoms. The summed E-state index contributed by atoms with van der Waals surface area (Å²) in [5.41, 5.74) is 14.1. The number of pyridine rings is 1. The fourth-order valence-corrected chi connectivity index (χ4v) is 3.56. The minimum Gasteiger partial charge on any atom is -0.321 e. The van der Waals surface area contributed by atoms with Crippen molar-refractivity contribution in [1.82, 2.24) is 20.2 Å². The maximum absolute atomic E-state index is 12.2. The largest absolute Gasteiger partial charge is 0.321 e. The summed E-state index contributed by atoms with van der Waals surface area (Å²) in [5, 5.41) is 19.3. The molecule has 17 heteroatoms. The molecule has 2 aromatic heterocycles. The number of para-hydroxylation sites is 1. The van der Waals surface area contributed by atoms with Gasteiger partial charge in [0.05, 0.1) is 11.1 Å². The summed E-state index contributed by atoms with van der Waals surface area (Å²) >= 11 is 0. The summed E-state index contributed by atoms with van der Waals surface area (Å²) in [7, 11) is -4.94. The van der Waals surface area contributed by atoms with Crippen molar-refractivity contribution in [3.63, 3.8) is 0 Å². The van der Waals surface area contributed by atoms with E-state index in [1.165, 1.54) is 18.2 Å². The predicted octanol–water partition coefficient (Wildman–Crippen LogP) is 0.991. The molecule has 0 aliphatic rings. The van der Waals surface area contributed by atoms with Gasteiger partial charge in [-0.3, -0.25) is 9.65 Å². The molecule has 1 aromatic carbocycles. The number of H-pyrrole nitrogens is 1. The van der Waals surface area contributed by atoms with E-state index in [9.17, 15) is 13.0 Å². The Labute approximate surface area is 173 Å². The first-order valence-corrected chi connectivity index (χ1v) is 8.92. The number of hydrogen-bond acceptors (Lipinski definition) is 11. The molecule has 0 aliphatic carbocycles. The lowest BCUT2D eigenvalue weighted by molar-refractivity contribution is 0.483. The number of nitrogens with zero attached hydrogens (tertiary/aromatic N) is 7. The van der Waals surface area contributed by atoms with Gasteiger partial charge in [0.1, 0.15) is 16.9 Å². The number of halogens is 1. The van der Waals surface area contributed by atoms with E-state index in [1.54, 1.807) is 0 Å². The van der Waals surface area contributed by atoms with E-state index in [2.05, 4.69) is 40.6 Å². The molecule has 3 aromatic rings. The fraction of sp³-hybridized carbons (Fsp3) is 0. The molecular formula is C13H13ClN12O3S. The minimum absolute atomic E-state index is 0. The molecule has 0 atom stereocenters. The van der Waals surface area contributed by atoms with Crippen LogP contribution in [0.15, 0.2) is 49.9 Å². The quantitative estimate of drug-likeness (QED) is 0.0827. The number of fused-ring (bicyclic) bond motifs is 1. The average molecular weight is 453 g/mol. The van der Waals surface area contributed by atoms with Gasteiger partial charge < -0.3 is 11.7 Å². The van der Waals surface area contributed by atoms with Gasteiger partial charge in [-0.15, -0.1) is 22.6 Å². The molecule has 0 radical (unpaired) electrons. The van der Waals surface area contributed by atoms with Crippen LogP contribution in [0.2, 0.25) is 0 Å². The minimum atomic E-state index is -4.94. The highest BCUT2D eigenvalue weighted by atomic mass is 35.5. The van der Waals surface area contributed by atoms with E-state index in [0.717, 1.165) is 6.33 Å². The molecular weight excluding hydrogens is 440 g/mol. The van der Waals surface area contributed by atoms with Crippen molar-refractivity contribution in [2.45, 2.75) is 4.90 Å². The lowest BCUT2D eigenvalue weighted by atomic mass is 10.0. The van der Waals surface area contributed by atoms with Gasteiger partial charge in [0, 0.05) is 10.9 Å². The third-order valence-electron chi connectivity index (χ3n) is 3.79. The maximum atomic E-state index is 12.2. The second-order valence-corrected chi connectivity index (χ2v) is 6.66. The number of nitrogens with two attached hydrogens (primary N) is 2. The van der Waals surface area contributed by atoms with Crippen LogP contribution in [0, 0.1) is 11.1 Å². The number of hydrazone groups is 2. The van der Waals surface area contributed by atoms with Crippen molar-refractivity contribution in [3.8, 4) is 11.5 Å². The van der Waals surface area contributed by atoms with E-state index >= 15 is 0 Å². The zero-order valence-corrected chi connectivity index (χ0v) is 16.3. The number of aromatic nitrogens is 4. The second kappa shape index (κ2) is 8.64. The molecule has 2 heterocycles. The van der Waals surface area contributed by atoms with Crippen molar-refractivity contribution in [2.75, 3.05) is 0 Å². The smallest absolute Gasteiger partial charge is 0.297 e. The first-order valence-electron chi connectivity index (χ1n) is 7.48. The van der Waals surface area contributed by atoms with Crippen molar-refractivity contribution in [1.29, 1.82) is 11.1 Å². The molecule has 0 spiro atoms. The van der Waals surface area contributed by atoms with E-state index in [0.29, 0.717) is 0 Å².